The minimum absolute atomic E-state index is 0.0475. The Morgan fingerprint density at radius 2 is 1.93 bits per heavy atom. The highest BCUT2D eigenvalue weighted by molar-refractivity contribution is 5.72. The minimum atomic E-state index is 0.0475. The Labute approximate surface area is 93.4 Å². The zero-order valence-corrected chi connectivity index (χ0v) is 10.1. The third kappa shape index (κ3) is 3.84. The number of ether oxygens (including phenoxy) is 1. The fraction of sp³-hybridized carbons (Fsp3) is 0.923. The van der Waals surface area contributed by atoms with Gasteiger partial charge in [0.25, 0.3) is 0 Å². The van der Waals surface area contributed by atoms with Crippen molar-refractivity contribution >= 4 is 5.97 Å². The Bertz CT molecular complexity index is 183. The van der Waals surface area contributed by atoms with Crippen LogP contribution in [0.2, 0.25) is 0 Å². The molecule has 0 aliphatic heterocycles. The van der Waals surface area contributed by atoms with Gasteiger partial charge in [-0.2, -0.15) is 0 Å². The van der Waals surface area contributed by atoms with E-state index in [9.17, 15) is 4.79 Å². The van der Waals surface area contributed by atoms with Crippen molar-refractivity contribution in [3.05, 3.63) is 0 Å². The Morgan fingerprint density at radius 3 is 2.47 bits per heavy atom. The van der Waals surface area contributed by atoms with Gasteiger partial charge in [-0.25, -0.2) is 0 Å². The minimum Gasteiger partial charge on any atom is -0.466 e. The van der Waals surface area contributed by atoms with Gasteiger partial charge in [-0.15, -0.1) is 0 Å². The average molecular weight is 212 g/mol. The van der Waals surface area contributed by atoms with Gasteiger partial charge in [0.15, 0.2) is 0 Å². The highest BCUT2D eigenvalue weighted by atomic mass is 16.5. The summed E-state index contributed by atoms with van der Waals surface area (Å²) in [5.74, 6) is 0.819. The van der Waals surface area contributed by atoms with Crippen LogP contribution in [0.25, 0.3) is 0 Å². The summed E-state index contributed by atoms with van der Waals surface area (Å²) in [6.07, 6.45) is 8.48. The second-order valence-corrected chi connectivity index (χ2v) is 4.55. The van der Waals surface area contributed by atoms with E-state index in [1.807, 2.05) is 6.92 Å². The molecule has 2 nitrogen and oxygen atoms in total. The second kappa shape index (κ2) is 6.86. The molecule has 0 heterocycles. The van der Waals surface area contributed by atoms with E-state index < -0.39 is 0 Å². The molecule has 0 radical (unpaired) electrons. The Kier molecular flexibility index (Phi) is 5.74. The molecule has 15 heavy (non-hydrogen) atoms. The molecule has 1 rings (SSSR count). The van der Waals surface area contributed by atoms with Gasteiger partial charge >= 0.3 is 5.97 Å². The van der Waals surface area contributed by atoms with Crippen LogP contribution >= 0.6 is 0 Å². The molecule has 0 aromatic rings. The van der Waals surface area contributed by atoms with Crippen molar-refractivity contribution in [3.63, 3.8) is 0 Å². The van der Waals surface area contributed by atoms with E-state index in [4.69, 9.17) is 4.74 Å². The fourth-order valence-electron chi connectivity index (χ4n) is 2.64. The van der Waals surface area contributed by atoms with E-state index in [-0.39, 0.29) is 11.9 Å². The van der Waals surface area contributed by atoms with Crippen molar-refractivity contribution in [2.45, 2.75) is 58.8 Å². The van der Waals surface area contributed by atoms with Crippen LogP contribution in [0.15, 0.2) is 0 Å². The zero-order chi connectivity index (χ0) is 11.1. The molecule has 0 N–H and O–H groups in total. The third-order valence-electron chi connectivity index (χ3n) is 3.41. The van der Waals surface area contributed by atoms with Gasteiger partial charge in [0.2, 0.25) is 0 Å². The van der Waals surface area contributed by atoms with Gasteiger partial charge in [0.1, 0.15) is 0 Å². The van der Waals surface area contributed by atoms with Crippen molar-refractivity contribution in [2.24, 2.45) is 11.8 Å². The first-order valence-corrected chi connectivity index (χ1v) is 6.46. The number of hydrogen-bond acceptors (Lipinski definition) is 2. The molecule has 0 aromatic heterocycles. The van der Waals surface area contributed by atoms with Crippen LogP contribution in [0.1, 0.15) is 58.8 Å². The summed E-state index contributed by atoms with van der Waals surface area (Å²) >= 11 is 0. The lowest BCUT2D eigenvalue weighted by Crippen LogP contribution is -2.27. The van der Waals surface area contributed by atoms with Gasteiger partial charge < -0.3 is 4.74 Å². The first-order valence-electron chi connectivity index (χ1n) is 6.46. The van der Waals surface area contributed by atoms with Gasteiger partial charge in [-0.1, -0.05) is 32.6 Å². The van der Waals surface area contributed by atoms with Crippen molar-refractivity contribution in [1.82, 2.24) is 0 Å². The number of hydrogen-bond donors (Lipinski definition) is 0. The molecule has 1 unspecified atom stereocenters. The SMILES string of the molecule is CCCC(C(=O)OCC)C1CCCCC1. The first kappa shape index (κ1) is 12.5. The van der Waals surface area contributed by atoms with Crippen LogP contribution in [0.3, 0.4) is 0 Å². The monoisotopic (exact) mass is 212 g/mol. The quantitative estimate of drug-likeness (QED) is 0.651. The number of esters is 1. The maximum absolute atomic E-state index is 11.8. The van der Waals surface area contributed by atoms with Crippen LogP contribution in [-0.2, 0) is 9.53 Å². The molecular formula is C13H24O2. The fourth-order valence-corrected chi connectivity index (χ4v) is 2.64. The summed E-state index contributed by atoms with van der Waals surface area (Å²) in [6, 6.07) is 0. The molecular weight excluding hydrogens is 188 g/mol. The first-order chi connectivity index (χ1) is 7.29. The Balaban J connectivity index is 2.50. The molecule has 2 heteroatoms. The lowest BCUT2D eigenvalue weighted by atomic mass is 9.78. The molecule has 1 saturated carbocycles. The molecule has 1 aliphatic carbocycles. The van der Waals surface area contributed by atoms with Crippen molar-refractivity contribution in [3.8, 4) is 0 Å². The van der Waals surface area contributed by atoms with Crippen LogP contribution in [0.5, 0.6) is 0 Å². The van der Waals surface area contributed by atoms with Crippen molar-refractivity contribution < 1.29 is 9.53 Å². The normalized spacial score (nSPS) is 19.9. The number of rotatable bonds is 5. The molecule has 0 amide bonds. The van der Waals surface area contributed by atoms with E-state index in [0.29, 0.717) is 12.5 Å². The molecule has 0 spiro atoms. The Hall–Kier alpha value is -0.530. The average Bonchev–Trinajstić information content (AvgIpc) is 2.27. The topological polar surface area (TPSA) is 26.3 Å². The largest absolute Gasteiger partial charge is 0.466 e. The molecule has 1 aliphatic rings. The highest BCUT2D eigenvalue weighted by Gasteiger charge is 2.29. The lowest BCUT2D eigenvalue weighted by Gasteiger charge is -2.28. The number of carbonyl (C=O) groups excluding carboxylic acids is 1. The summed E-state index contributed by atoms with van der Waals surface area (Å²) in [7, 11) is 0. The molecule has 1 fully saturated rings. The van der Waals surface area contributed by atoms with Crippen LogP contribution < -0.4 is 0 Å². The van der Waals surface area contributed by atoms with E-state index in [1.165, 1.54) is 32.1 Å². The molecule has 88 valence electrons. The van der Waals surface area contributed by atoms with E-state index in [1.54, 1.807) is 0 Å². The summed E-state index contributed by atoms with van der Waals surface area (Å²) < 4.78 is 5.17. The molecule has 1 atom stereocenters. The van der Waals surface area contributed by atoms with E-state index in [2.05, 4.69) is 6.92 Å². The maximum Gasteiger partial charge on any atom is 0.309 e. The van der Waals surface area contributed by atoms with Gasteiger partial charge in [-0.3, -0.25) is 4.79 Å². The summed E-state index contributed by atoms with van der Waals surface area (Å²) in [5, 5.41) is 0. The van der Waals surface area contributed by atoms with Crippen molar-refractivity contribution in [2.75, 3.05) is 6.61 Å². The zero-order valence-electron chi connectivity index (χ0n) is 10.1. The standard InChI is InChI=1S/C13H24O2/c1-3-8-12(13(14)15-4-2)11-9-6-5-7-10-11/h11-12H,3-10H2,1-2H3. The molecule has 0 saturated heterocycles. The van der Waals surface area contributed by atoms with Crippen LogP contribution in [0.4, 0.5) is 0 Å². The maximum atomic E-state index is 11.8. The predicted molar refractivity (Wildman–Crippen MR) is 61.6 cm³/mol. The van der Waals surface area contributed by atoms with Crippen LogP contribution in [0, 0.1) is 11.8 Å². The second-order valence-electron chi connectivity index (χ2n) is 4.55. The third-order valence-corrected chi connectivity index (χ3v) is 3.41. The summed E-state index contributed by atoms with van der Waals surface area (Å²) in [5.41, 5.74) is 0. The van der Waals surface area contributed by atoms with Crippen molar-refractivity contribution in [1.29, 1.82) is 0 Å². The van der Waals surface area contributed by atoms with Gasteiger partial charge in [0.05, 0.1) is 12.5 Å². The van der Waals surface area contributed by atoms with Crippen LogP contribution in [-0.4, -0.2) is 12.6 Å². The highest BCUT2D eigenvalue weighted by Crippen LogP contribution is 2.33. The van der Waals surface area contributed by atoms with Gasteiger partial charge in [-0.05, 0) is 32.1 Å². The smallest absolute Gasteiger partial charge is 0.309 e. The summed E-state index contributed by atoms with van der Waals surface area (Å²) in [4.78, 5) is 11.8. The molecule has 0 bridgehead atoms. The summed E-state index contributed by atoms with van der Waals surface area (Å²) in [6.45, 7) is 4.56. The number of carbonyl (C=O) groups is 1. The molecule has 0 aromatic carbocycles. The predicted octanol–water partition coefficient (Wildman–Crippen LogP) is 3.55. The van der Waals surface area contributed by atoms with Gasteiger partial charge in [0, 0.05) is 0 Å². The Morgan fingerprint density at radius 1 is 1.27 bits per heavy atom. The van der Waals surface area contributed by atoms with E-state index >= 15 is 0 Å². The lowest BCUT2D eigenvalue weighted by molar-refractivity contribution is -0.150. The van der Waals surface area contributed by atoms with E-state index in [0.717, 1.165) is 12.8 Å².